The van der Waals surface area contributed by atoms with Gasteiger partial charge in [-0.2, -0.15) is 0 Å². The molecule has 0 radical (unpaired) electrons. The minimum Gasteiger partial charge on any atom is -0.395 e. The van der Waals surface area contributed by atoms with E-state index in [0.29, 0.717) is 6.54 Å². The van der Waals surface area contributed by atoms with Gasteiger partial charge < -0.3 is 9.47 Å². The highest BCUT2D eigenvalue weighted by atomic mass is 32.1. The topological polar surface area (TPSA) is 59.1 Å². The number of hydrogen-bond acceptors (Lipinski definition) is 5. The molecule has 130 valence electrons. The number of benzene rings is 1. The van der Waals surface area contributed by atoms with Gasteiger partial charge >= 0.3 is 12.0 Å². The van der Waals surface area contributed by atoms with Crippen LogP contribution in [0.4, 0.5) is 4.79 Å². The molecule has 6 nitrogen and oxygen atoms in total. The zero-order valence-electron chi connectivity index (χ0n) is 13.9. The molecule has 1 spiro atoms. The number of nitrogens with zero attached hydrogens (tertiary/aromatic N) is 2. The maximum Gasteiger partial charge on any atom is 0.414 e. The predicted octanol–water partition coefficient (Wildman–Crippen LogP) is 2.97. The minimum absolute atomic E-state index is 0.193. The molecule has 2 saturated heterocycles. The highest BCUT2D eigenvalue weighted by Crippen LogP contribution is 2.46. The first-order valence-corrected chi connectivity index (χ1v) is 8.93. The van der Waals surface area contributed by atoms with Crippen LogP contribution >= 0.6 is 11.3 Å². The van der Waals surface area contributed by atoms with E-state index >= 15 is 0 Å². The Labute approximate surface area is 149 Å². The number of hydrogen-bond donors (Lipinski definition) is 0. The molecular weight excluding hydrogens is 340 g/mol. The van der Waals surface area contributed by atoms with Crippen molar-refractivity contribution in [1.82, 2.24) is 9.80 Å². The van der Waals surface area contributed by atoms with Crippen molar-refractivity contribution in [3.63, 3.8) is 0 Å². The number of ether oxygens (including phenoxy) is 2. The Morgan fingerprint density at radius 3 is 2.52 bits per heavy atom. The molecule has 3 atom stereocenters. The van der Waals surface area contributed by atoms with Gasteiger partial charge in [-0.1, -0.05) is 36.4 Å². The van der Waals surface area contributed by atoms with Gasteiger partial charge in [-0.25, -0.2) is 4.79 Å². The highest BCUT2D eigenvalue weighted by molar-refractivity contribution is 7.10. The first-order valence-electron chi connectivity index (χ1n) is 8.05. The molecule has 2 amide bonds. The van der Waals surface area contributed by atoms with Crippen molar-refractivity contribution in [3.8, 4) is 0 Å². The molecule has 2 fully saturated rings. The zero-order chi connectivity index (χ0) is 17.6. The molecule has 1 aromatic carbocycles. The van der Waals surface area contributed by atoms with E-state index in [9.17, 15) is 9.59 Å². The summed E-state index contributed by atoms with van der Waals surface area (Å²) in [6, 6.07) is 12.9. The standard InChI is InChI=1S/C18H18N2O4S/c1-12-18(24-17(22)19(12)2)20(11-13-7-4-3-5-8-13)16(21)15(23-18)14-9-6-10-25-14/h3-10,12,15H,11H2,1-2H3. The van der Waals surface area contributed by atoms with Gasteiger partial charge in [0.2, 0.25) is 0 Å². The third-order valence-corrected chi connectivity index (χ3v) is 5.68. The molecule has 3 unspecified atom stereocenters. The van der Waals surface area contributed by atoms with Crippen LogP contribution in [0.25, 0.3) is 0 Å². The lowest BCUT2D eigenvalue weighted by atomic mass is 10.1. The number of amides is 2. The van der Waals surface area contributed by atoms with Crippen LogP contribution in [-0.2, 0) is 20.8 Å². The maximum absolute atomic E-state index is 13.1. The van der Waals surface area contributed by atoms with E-state index < -0.39 is 24.2 Å². The van der Waals surface area contributed by atoms with E-state index in [4.69, 9.17) is 9.47 Å². The summed E-state index contributed by atoms with van der Waals surface area (Å²) < 4.78 is 11.7. The first kappa shape index (κ1) is 16.1. The van der Waals surface area contributed by atoms with Gasteiger partial charge in [0.1, 0.15) is 6.04 Å². The fourth-order valence-electron chi connectivity index (χ4n) is 3.24. The molecule has 0 N–H and O–H groups in total. The fourth-order valence-corrected chi connectivity index (χ4v) is 3.98. The normalized spacial score (nSPS) is 28.9. The molecule has 25 heavy (non-hydrogen) atoms. The molecule has 1 aromatic heterocycles. The molecule has 3 heterocycles. The van der Waals surface area contributed by atoms with E-state index in [1.54, 1.807) is 11.9 Å². The second kappa shape index (κ2) is 5.86. The van der Waals surface area contributed by atoms with Crippen LogP contribution in [0.15, 0.2) is 47.8 Å². The number of thiophene rings is 1. The fraction of sp³-hybridized carbons (Fsp3) is 0.333. The van der Waals surface area contributed by atoms with Gasteiger partial charge in [0.15, 0.2) is 6.10 Å². The summed E-state index contributed by atoms with van der Waals surface area (Å²) in [7, 11) is 1.65. The van der Waals surface area contributed by atoms with Crippen LogP contribution in [0.5, 0.6) is 0 Å². The summed E-state index contributed by atoms with van der Waals surface area (Å²) in [6.07, 6.45) is -1.25. The highest BCUT2D eigenvalue weighted by Gasteiger charge is 2.64. The van der Waals surface area contributed by atoms with Crippen LogP contribution in [0.2, 0.25) is 0 Å². The largest absolute Gasteiger partial charge is 0.414 e. The second-order valence-electron chi connectivity index (χ2n) is 6.21. The average Bonchev–Trinajstić information content (AvgIpc) is 3.28. The van der Waals surface area contributed by atoms with Crippen molar-refractivity contribution >= 4 is 23.3 Å². The maximum atomic E-state index is 13.1. The van der Waals surface area contributed by atoms with E-state index in [2.05, 4.69) is 0 Å². The molecule has 2 aromatic rings. The van der Waals surface area contributed by atoms with Crippen molar-refractivity contribution in [2.24, 2.45) is 0 Å². The lowest BCUT2D eigenvalue weighted by Gasteiger charge is -2.34. The summed E-state index contributed by atoms with van der Waals surface area (Å²) >= 11 is 1.45. The summed E-state index contributed by atoms with van der Waals surface area (Å²) in [5, 5.41) is 1.90. The summed E-state index contributed by atoms with van der Waals surface area (Å²) in [5.74, 6) is -1.60. The predicted molar refractivity (Wildman–Crippen MR) is 91.6 cm³/mol. The second-order valence-corrected chi connectivity index (χ2v) is 7.19. The minimum atomic E-state index is -1.41. The molecule has 2 aliphatic heterocycles. The Balaban J connectivity index is 1.74. The van der Waals surface area contributed by atoms with Crippen LogP contribution in [-0.4, -0.2) is 40.8 Å². The van der Waals surface area contributed by atoms with E-state index in [0.717, 1.165) is 10.4 Å². The Morgan fingerprint density at radius 2 is 1.92 bits per heavy atom. The van der Waals surface area contributed by atoms with Crippen molar-refractivity contribution < 1.29 is 19.1 Å². The Kier molecular flexibility index (Phi) is 3.77. The average molecular weight is 358 g/mol. The van der Waals surface area contributed by atoms with E-state index in [1.165, 1.54) is 16.2 Å². The summed E-state index contributed by atoms with van der Waals surface area (Å²) in [6.45, 7) is 2.14. The van der Waals surface area contributed by atoms with Crippen molar-refractivity contribution in [1.29, 1.82) is 0 Å². The molecule has 4 rings (SSSR count). The van der Waals surface area contributed by atoms with Gasteiger partial charge in [-0.05, 0) is 23.9 Å². The van der Waals surface area contributed by atoms with E-state index in [-0.39, 0.29) is 5.91 Å². The van der Waals surface area contributed by atoms with Crippen molar-refractivity contribution in [3.05, 3.63) is 58.3 Å². The van der Waals surface area contributed by atoms with Gasteiger partial charge in [0, 0.05) is 11.9 Å². The number of likely N-dealkylation sites (N-methyl/N-ethyl adjacent to an activating group) is 1. The third-order valence-electron chi connectivity index (χ3n) is 4.77. The number of carbonyl (C=O) groups is 2. The van der Waals surface area contributed by atoms with Crippen LogP contribution in [0, 0.1) is 0 Å². The van der Waals surface area contributed by atoms with Crippen LogP contribution in [0.1, 0.15) is 23.5 Å². The van der Waals surface area contributed by atoms with Crippen molar-refractivity contribution in [2.75, 3.05) is 7.05 Å². The Bertz CT molecular complexity index is 795. The smallest absolute Gasteiger partial charge is 0.395 e. The Morgan fingerprint density at radius 1 is 1.16 bits per heavy atom. The molecular formula is C18H18N2O4S. The van der Waals surface area contributed by atoms with E-state index in [1.807, 2.05) is 54.8 Å². The first-order chi connectivity index (χ1) is 12.0. The van der Waals surface area contributed by atoms with Crippen LogP contribution in [0.3, 0.4) is 0 Å². The lowest BCUT2D eigenvalue weighted by molar-refractivity contribution is -0.249. The quantitative estimate of drug-likeness (QED) is 0.846. The Hall–Kier alpha value is -2.38. The monoisotopic (exact) mass is 358 g/mol. The lowest BCUT2D eigenvalue weighted by Crippen LogP contribution is -2.54. The van der Waals surface area contributed by atoms with Gasteiger partial charge in [0.05, 0.1) is 6.54 Å². The van der Waals surface area contributed by atoms with Crippen molar-refractivity contribution in [2.45, 2.75) is 31.5 Å². The summed E-state index contributed by atoms with van der Waals surface area (Å²) in [4.78, 5) is 29.1. The van der Waals surface area contributed by atoms with Gasteiger partial charge in [-0.15, -0.1) is 11.3 Å². The zero-order valence-corrected chi connectivity index (χ0v) is 14.7. The SMILES string of the molecule is CC1N(C)C(=O)OC12OC(c1cccs1)C(=O)N2Cc1ccccc1. The molecule has 7 heteroatoms. The molecule has 0 aliphatic carbocycles. The third kappa shape index (κ3) is 2.42. The molecule has 2 aliphatic rings. The van der Waals surface area contributed by atoms with Gasteiger partial charge in [0.25, 0.3) is 5.91 Å². The number of rotatable bonds is 3. The molecule has 0 bridgehead atoms. The summed E-state index contributed by atoms with van der Waals surface area (Å²) in [5.41, 5.74) is 0.948. The molecule has 0 saturated carbocycles. The van der Waals surface area contributed by atoms with Crippen LogP contribution < -0.4 is 0 Å². The van der Waals surface area contributed by atoms with Gasteiger partial charge in [-0.3, -0.25) is 14.6 Å². The number of carbonyl (C=O) groups excluding carboxylic acids is 2.